The predicted molar refractivity (Wildman–Crippen MR) is 101 cm³/mol. The first-order chi connectivity index (χ1) is 12.6. The molecule has 0 radical (unpaired) electrons. The quantitative estimate of drug-likeness (QED) is 0.847. The zero-order chi connectivity index (χ0) is 18.1. The maximum absolute atomic E-state index is 13.2. The van der Waals surface area contributed by atoms with Crippen LogP contribution in [0.3, 0.4) is 0 Å². The van der Waals surface area contributed by atoms with Gasteiger partial charge >= 0.3 is 0 Å². The average Bonchev–Trinajstić information content (AvgIpc) is 3.11. The molecule has 1 unspecified atom stereocenters. The van der Waals surface area contributed by atoms with Crippen LogP contribution in [0.5, 0.6) is 0 Å². The van der Waals surface area contributed by atoms with Crippen LogP contribution in [0.15, 0.2) is 30.6 Å². The molecule has 2 aliphatic heterocycles. The summed E-state index contributed by atoms with van der Waals surface area (Å²) in [5, 5.41) is 0. The van der Waals surface area contributed by atoms with Gasteiger partial charge in [0, 0.05) is 44.9 Å². The van der Waals surface area contributed by atoms with Crippen molar-refractivity contribution in [3.8, 4) is 0 Å². The molecule has 140 valence electrons. The van der Waals surface area contributed by atoms with E-state index in [1.165, 1.54) is 0 Å². The summed E-state index contributed by atoms with van der Waals surface area (Å²) < 4.78 is 7.48. The van der Waals surface area contributed by atoms with Crippen molar-refractivity contribution in [2.24, 2.45) is 0 Å². The van der Waals surface area contributed by atoms with Gasteiger partial charge in [-0.25, -0.2) is 4.98 Å². The zero-order valence-corrected chi connectivity index (χ0v) is 15.7. The van der Waals surface area contributed by atoms with Crippen LogP contribution in [0.2, 0.25) is 0 Å². The number of fused-ring (bicyclic) bond motifs is 1. The van der Waals surface area contributed by atoms with Gasteiger partial charge in [0.25, 0.3) is 0 Å². The second kappa shape index (κ2) is 7.37. The lowest BCUT2D eigenvalue weighted by molar-refractivity contribution is -0.139. The summed E-state index contributed by atoms with van der Waals surface area (Å²) in [5.74, 6) is 0.187. The van der Waals surface area contributed by atoms with E-state index in [2.05, 4.69) is 21.7 Å². The van der Waals surface area contributed by atoms with Crippen LogP contribution in [0.4, 0.5) is 0 Å². The number of benzene rings is 1. The summed E-state index contributed by atoms with van der Waals surface area (Å²) in [6, 6.07) is 8.59. The third-order valence-corrected chi connectivity index (χ3v) is 5.90. The number of hydrogen-bond donors (Lipinski definition) is 0. The monoisotopic (exact) mass is 356 g/mol. The minimum Gasteiger partial charge on any atom is -0.381 e. The lowest BCUT2D eigenvalue weighted by Gasteiger charge is -2.45. The second-order valence-corrected chi connectivity index (χ2v) is 7.54. The van der Waals surface area contributed by atoms with Gasteiger partial charge in [0.05, 0.1) is 17.4 Å². The van der Waals surface area contributed by atoms with Crippen LogP contribution in [0.25, 0.3) is 11.0 Å². The van der Waals surface area contributed by atoms with Crippen molar-refractivity contribution in [1.82, 2.24) is 19.4 Å². The molecule has 4 rings (SSSR count). The molecular weight excluding hydrogens is 328 g/mol. The Morgan fingerprint density at radius 2 is 2.00 bits per heavy atom. The smallest absolute Gasteiger partial charge is 0.245 e. The molecule has 26 heavy (non-hydrogen) atoms. The number of carbonyl (C=O) groups is 1. The van der Waals surface area contributed by atoms with Gasteiger partial charge in [-0.05, 0) is 38.8 Å². The number of nitrogens with zero attached hydrogens (tertiary/aromatic N) is 4. The standard InChI is InChI=1S/C20H28N4O2/c1-15-13-22(17-7-11-26-12-8-17)9-10-23(15)20(25)16(2)24-14-21-18-5-3-4-6-19(18)24/h3-6,14-17H,7-13H2,1-2H3/t15-,16?/m1/s1. The molecule has 0 saturated carbocycles. The van der Waals surface area contributed by atoms with Gasteiger partial charge < -0.3 is 14.2 Å². The lowest BCUT2D eigenvalue weighted by Crippen LogP contribution is -2.58. The van der Waals surface area contributed by atoms with Crippen molar-refractivity contribution in [1.29, 1.82) is 0 Å². The molecule has 6 heteroatoms. The zero-order valence-electron chi connectivity index (χ0n) is 15.7. The fourth-order valence-corrected chi connectivity index (χ4v) is 4.34. The first-order valence-electron chi connectivity index (χ1n) is 9.69. The minimum atomic E-state index is -0.237. The van der Waals surface area contributed by atoms with Crippen molar-refractivity contribution in [2.75, 3.05) is 32.8 Å². The molecule has 1 aromatic carbocycles. The molecule has 1 aromatic heterocycles. The number of aromatic nitrogens is 2. The van der Waals surface area contributed by atoms with Crippen molar-refractivity contribution in [3.63, 3.8) is 0 Å². The molecule has 3 heterocycles. The van der Waals surface area contributed by atoms with E-state index in [1.807, 2.05) is 35.8 Å². The molecule has 0 aliphatic carbocycles. The molecule has 1 amide bonds. The molecule has 0 bridgehead atoms. The summed E-state index contributed by atoms with van der Waals surface area (Å²) in [6.45, 7) is 8.59. The number of amides is 1. The van der Waals surface area contributed by atoms with E-state index in [-0.39, 0.29) is 18.0 Å². The van der Waals surface area contributed by atoms with Crippen molar-refractivity contribution >= 4 is 16.9 Å². The summed E-state index contributed by atoms with van der Waals surface area (Å²) >= 11 is 0. The fourth-order valence-electron chi connectivity index (χ4n) is 4.34. The molecule has 0 spiro atoms. The van der Waals surface area contributed by atoms with E-state index in [0.717, 1.165) is 56.7 Å². The third-order valence-electron chi connectivity index (χ3n) is 5.90. The van der Waals surface area contributed by atoms with Gasteiger partial charge in [0.15, 0.2) is 0 Å². The molecule has 2 fully saturated rings. The van der Waals surface area contributed by atoms with Crippen LogP contribution in [-0.4, -0.2) is 70.2 Å². The van der Waals surface area contributed by atoms with Crippen LogP contribution in [-0.2, 0) is 9.53 Å². The average molecular weight is 356 g/mol. The van der Waals surface area contributed by atoms with Gasteiger partial charge in [0.1, 0.15) is 6.04 Å². The van der Waals surface area contributed by atoms with Crippen molar-refractivity contribution in [3.05, 3.63) is 30.6 Å². The Kier molecular flexibility index (Phi) is 4.96. The minimum absolute atomic E-state index is 0.187. The fraction of sp³-hybridized carbons (Fsp3) is 0.600. The number of rotatable bonds is 3. The molecule has 6 nitrogen and oxygen atoms in total. The number of imidazole rings is 1. The maximum atomic E-state index is 13.2. The van der Waals surface area contributed by atoms with Crippen LogP contribution < -0.4 is 0 Å². The first-order valence-corrected chi connectivity index (χ1v) is 9.69. The van der Waals surface area contributed by atoms with Crippen LogP contribution >= 0.6 is 0 Å². The number of piperazine rings is 1. The van der Waals surface area contributed by atoms with Gasteiger partial charge in [-0.1, -0.05) is 12.1 Å². The predicted octanol–water partition coefficient (Wildman–Crippen LogP) is 2.31. The number of carbonyl (C=O) groups excluding carboxylic acids is 1. The highest BCUT2D eigenvalue weighted by Gasteiger charge is 2.33. The van der Waals surface area contributed by atoms with Gasteiger partial charge in [-0.15, -0.1) is 0 Å². The Morgan fingerprint density at radius 3 is 2.77 bits per heavy atom. The topological polar surface area (TPSA) is 50.6 Å². The number of hydrogen-bond acceptors (Lipinski definition) is 4. The van der Waals surface area contributed by atoms with Crippen LogP contribution in [0.1, 0.15) is 32.7 Å². The molecule has 2 aliphatic rings. The van der Waals surface area contributed by atoms with Gasteiger partial charge in [0.2, 0.25) is 5.91 Å². The number of para-hydroxylation sites is 2. The molecule has 2 saturated heterocycles. The Labute approximate surface area is 154 Å². The molecular formula is C20H28N4O2. The van der Waals surface area contributed by atoms with Crippen molar-refractivity contribution < 1.29 is 9.53 Å². The van der Waals surface area contributed by atoms with E-state index in [9.17, 15) is 4.79 Å². The summed E-state index contributed by atoms with van der Waals surface area (Å²) in [5.41, 5.74) is 1.95. The highest BCUT2D eigenvalue weighted by atomic mass is 16.5. The lowest BCUT2D eigenvalue weighted by atomic mass is 10.0. The highest BCUT2D eigenvalue weighted by Crippen LogP contribution is 2.23. The highest BCUT2D eigenvalue weighted by molar-refractivity contribution is 5.84. The van der Waals surface area contributed by atoms with E-state index in [1.54, 1.807) is 6.33 Å². The number of ether oxygens (including phenoxy) is 1. The Balaban J connectivity index is 1.45. The molecule has 2 aromatic rings. The molecule has 2 atom stereocenters. The van der Waals surface area contributed by atoms with Gasteiger partial charge in [-0.3, -0.25) is 9.69 Å². The van der Waals surface area contributed by atoms with Crippen molar-refractivity contribution in [2.45, 2.75) is 44.8 Å². The summed E-state index contributed by atoms with van der Waals surface area (Å²) in [7, 11) is 0. The van der Waals surface area contributed by atoms with E-state index < -0.39 is 0 Å². The van der Waals surface area contributed by atoms with E-state index in [4.69, 9.17) is 4.74 Å². The second-order valence-electron chi connectivity index (χ2n) is 7.54. The Bertz CT molecular complexity index is 768. The normalized spacial score (nSPS) is 24.1. The molecule has 0 N–H and O–H groups in total. The SMILES string of the molecule is CC(C(=O)N1CCN(C2CCOCC2)C[C@H]1C)n1cnc2ccccc21. The Morgan fingerprint density at radius 1 is 1.23 bits per heavy atom. The maximum Gasteiger partial charge on any atom is 0.245 e. The van der Waals surface area contributed by atoms with E-state index >= 15 is 0 Å². The van der Waals surface area contributed by atoms with E-state index in [0.29, 0.717) is 6.04 Å². The van der Waals surface area contributed by atoms with Crippen LogP contribution in [0, 0.1) is 0 Å². The van der Waals surface area contributed by atoms with Gasteiger partial charge in [-0.2, -0.15) is 0 Å². The third kappa shape index (κ3) is 3.23. The first kappa shape index (κ1) is 17.5. The Hall–Kier alpha value is -1.92. The summed E-state index contributed by atoms with van der Waals surface area (Å²) in [4.78, 5) is 22.2. The summed E-state index contributed by atoms with van der Waals surface area (Å²) in [6.07, 6.45) is 4.01. The largest absolute Gasteiger partial charge is 0.381 e.